The molecule has 1 aromatic heterocycles. The molecule has 2 aromatic rings. The molecule has 18 heavy (non-hydrogen) atoms. The highest BCUT2D eigenvalue weighted by atomic mass is 15.1. The minimum absolute atomic E-state index is 0.743. The number of nitrogens with one attached hydrogen (secondary N) is 1. The van der Waals surface area contributed by atoms with Crippen molar-refractivity contribution in [2.24, 2.45) is 0 Å². The molecule has 1 aromatic carbocycles. The van der Waals surface area contributed by atoms with Gasteiger partial charge in [0.15, 0.2) is 0 Å². The van der Waals surface area contributed by atoms with Crippen molar-refractivity contribution in [1.82, 2.24) is 4.98 Å². The lowest BCUT2D eigenvalue weighted by atomic mass is 10.2. The predicted octanol–water partition coefficient (Wildman–Crippen LogP) is 3.07. The van der Waals surface area contributed by atoms with Gasteiger partial charge in [0.25, 0.3) is 0 Å². The first-order valence-electron chi connectivity index (χ1n) is 6.09. The van der Waals surface area contributed by atoms with Gasteiger partial charge in [-0.3, -0.25) is 4.98 Å². The number of anilines is 2. The van der Waals surface area contributed by atoms with Crippen LogP contribution in [0.2, 0.25) is 0 Å². The Hall–Kier alpha value is -2.03. The molecular formula is C15H19N3. The first-order chi connectivity index (χ1) is 8.66. The molecule has 0 saturated heterocycles. The van der Waals surface area contributed by atoms with E-state index >= 15 is 0 Å². The SMILES string of the molecule is Cc1cccc(CNc2ccccc2N(C)C)n1. The van der Waals surface area contributed by atoms with E-state index in [0.29, 0.717) is 0 Å². The van der Waals surface area contributed by atoms with Crippen molar-refractivity contribution in [1.29, 1.82) is 0 Å². The van der Waals surface area contributed by atoms with Crippen molar-refractivity contribution in [2.75, 3.05) is 24.3 Å². The van der Waals surface area contributed by atoms with E-state index in [1.807, 2.05) is 51.4 Å². The minimum Gasteiger partial charge on any atom is -0.378 e. The maximum atomic E-state index is 4.49. The van der Waals surface area contributed by atoms with Gasteiger partial charge in [-0.15, -0.1) is 0 Å². The van der Waals surface area contributed by atoms with Gasteiger partial charge in [0.2, 0.25) is 0 Å². The second kappa shape index (κ2) is 5.54. The highest BCUT2D eigenvalue weighted by molar-refractivity contribution is 5.69. The van der Waals surface area contributed by atoms with Crippen LogP contribution in [-0.4, -0.2) is 19.1 Å². The number of hydrogen-bond donors (Lipinski definition) is 1. The Labute approximate surface area is 108 Å². The number of aryl methyl sites for hydroxylation is 1. The average Bonchev–Trinajstić information content (AvgIpc) is 2.37. The molecule has 1 N–H and O–H groups in total. The van der Waals surface area contributed by atoms with Crippen LogP contribution in [0.4, 0.5) is 11.4 Å². The van der Waals surface area contributed by atoms with Gasteiger partial charge in [-0.25, -0.2) is 0 Å². The number of pyridine rings is 1. The summed E-state index contributed by atoms with van der Waals surface area (Å²) in [4.78, 5) is 6.59. The average molecular weight is 241 g/mol. The first kappa shape index (κ1) is 12.4. The lowest BCUT2D eigenvalue weighted by molar-refractivity contribution is 1.01. The van der Waals surface area contributed by atoms with E-state index < -0.39 is 0 Å². The van der Waals surface area contributed by atoms with E-state index in [9.17, 15) is 0 Å². The Bertz CT molecular complexity index is 521. The molecule has 0 aliphatic carbocycles. The molecule has 1 heterocycles. The molecule has 0 unspecified atom stereocenters. The number of aromatic nitrogens is 1. The normalized spacial score (nSPS) is 10.2. The van der Waals surface area contributed by atoms with Crippen molar-refractivity contribution < 1.29 is 0 Å². The van der Waals surface area contributed by atoms with Gasteiger partial charge in [0.1, 0.15) is 0 Å². The maximum absolute atomic E-state index is 4.49. The molecule has 2 rings (SSSR count). The lowest BCUT2D eigenvalue weighted by Gasteiger charge is -2.18. The van der Waals surface area contributed by atoms with Gasteiger partial charge in [-0.1, -0.05) is 18.2 Å². The van der Waals surface area contributed by atoms with Crippen LogP contribution in [0.25, 0.3) is 0 Å². The van der Waals surface area contributed by atoms with Crippen LogP contribution in [0.3, 0.4) is 0 Å². The van der Waals surface area contributed by atoms with Crippen LogP contribution >= 0.6 is 0 Å². The molecule has 0 radical (unpaired) electrons. The third-order valence-electron chi connectivity index (χ3n) is 2.79. The number of nitrogens with zero attached hydrogens (tertiary/aromatic N) is 2. The van der Waals surface area contributed by atoms with Crippen LogP contribution in [0.15, 0.2) is 42.5 Å². The Morgan fingerprint density at radius 2 is 1.83 bits per heavy atom. The van der Waals surface area contributed by atoms with E-state index in [2.05, 4.69) is 27.3 Å². The van der Waals surface area contributed by atoms with E-state index in [0.717, 1.165) is 23.6 Å². The highest BCUT2D eigenvalue weighted by Gasteiger charge is 2.03. The minimum atomic E-state index is 0.743. The standard InChI is InChI=1S/C15H19N3/c1-12-7-6-8-13(17-12)11-16-14-9-4-5-10-15(14)18(2)3/h4-10,16H,11H2,1-3H3. The molecule has 3 heteroatoms. The smallest absolute Gasteiger partial charge is 0.0597 e. The summed E-state index contributed by atoms with van der Waals surface area (Å²) in [5, 5.41) is 3.43. The van der Waals surface area contributed by atoms with Crippen LogP contribution in [0.1, 0.15) is 11.4 Å². The zero-order chi connectivity index (χ0) is 13.0. The molecule has 0 saturated carbocycles. The zero-order valence-corrected chi connectivity index (χ0v) is 11.1. The number of rotatable bonds is 4. The van der Waals surface area contributed by atoms with Crippen LogP contribution in [0, 0.1) is 6.92 Å². The lowest BCUT2D eigenvalue weighted by Crippen LogP contribution is -2.12. The molecule has 3 nitrogen and oxygen atoms in total. The van der Waals surface area contributed by atoms with E-state index in [1.54, 1.807) is 0 Å². The van der Waals surface area contributed by atoms with Crippen molar-refractivity contribution in [3.63, 3.8) is 0 Å². The fraction of sp³-hybridized carbons (Fsp3) is 0.267. The molecule has 0 bridgehead atoms. The largest absolute Gasteiger partial charge is 0.378 e. The van der Waals surface area contributed by atoms with Crippen LogP contribution < -0.4 is 10.2 Å². The van der Waals surface area contributed by atoms with Crippen molar-refractivity contribution in [3.8, 4) is 0 Å². The monoisotopic (exact) mass is 241 g/mol. The third-order valence-corrected chi connectivity index (χ3v) is 2.79. The van der Waals surface area contributed by atoms with Gasteiger partial charge >= 0.3 is 0 Å². The van der Waals surface area contributed by atoms with Crippen molar-refractivity contribution in [2.45, 2.75) is 13.5 Å². The van der Waals surface area contributed by atoms with Gasteiger partial charge < -0.3 is 10.2 Å². The quantitative estimate of drug-likeness (QED) is 0.891. The molecule has 0 aliphatic heterocycles. The Balaban J connectivity index is 2.11. The summed E-state index contributed by atoms with van der Waals surface area (Å²) >= 11 is 0. The van der Waals surface area contributed by atoms with Gasteiger partial charge in [-0.05, 0) is 31.2 Å². The fourth-order valence-electron chi connectivity index (χ4n) is 1.90. The summed E-state index contributed by atoms with van der Waals surface area (Å²) in [6.45, 7) is 2.75. The second-order valence-electron chi connectivity index (χ2n) is 4.54. The number of benzene rings is 1. The van der Waals surface area contributed by atoms with E-state index in [4.69, 9.17) is 0 Å². The summed E-state index contributed by atoms with van der Waals surface area (Å²) in [5.41, 5.74) is 4.43. The van der Waals surface area contributed by atoms with Crippen molar-refractivity contribution >= 4 is 11.4 Å². The first-order valence-corrected chi connectivity index (χ1v) is 6.09. The molecule has 0 amide bonds. The Morgan fingerprint density at radius 1 is 1.06 bits per heavy atom. The van der Waals surface area contributed by atoms with E-state index in [1.165, 1.54) is 5.69 Å². The summed E-state index contributed by atoms with van der Waals surface area (Å²) in [6.07, 6.45) is 0. The number of hydrogen-bond acceptors (Lipinski definition) is 3. The molecule has 94 valence electrons. The fourth-order valence-corrected chi connectivity index (χ4v) is 1.90. The van der Waals surface area contributed by atoms with E-state index in [-0.39, 0.29) is 0 Å². The molecule has 0 spiro atoms. The van der Waals surface area contributed by atoms with Crippen LogP contribution in [0.5, 0.6) is 0 Å². The van der Waals surface area contributed by atoms with Crippen LogP contribution in [-0.2, 0) is 6.54 Å². The summed E-state index contributed by atoms with van der Waals surface area (Å²) in [7, 11) is 4.09. The zero-order valence-electron chi connectivity index (χ0n) is 11.1. The summed E-state index contributed by atoms with van der Waals surface area (Å²) in [5.74, 6) is 0. The molecular weight excluding hydrogens is 222 g/mol. The van der Waals surface area contributed by atoms with Gasteiger partial charge in [-0.2, -0.15) is 0 Å². The Kier molecular flexibility index (Phi) is 3.82. The molecule has 0 atom stereocenters. The maximum Gasteiger partial charge on any atom is 0.0597 e. The molecule has 0 aliphatic rings. The summed E-state index contributed by atoms with van der Waals surface area (Å²) < 4.78 is 0. The van der Waals surface area contributed by atoms with Crippen molar-refractivity contribution in [3.05, 3.63) is 53.9 Å². The molecule has 0 fully saturated rings. The predicted molar refractivity (Wildman–Crippen MR) is 77.1 cm³/mol. The number of para-hydroxylation sites is 2. The summed E-state index contributed by atoms with van der Waals surface area (Å²) in [6, 6.07) is 14.4. The second-order valence-corrected chi connectivity index (χ2v) is 4.54. The van der Waals surface area contributed by atoms with Gasteiger partial charge in [0, 0.05) is 19.8 Å². The third kappa shape index (κ3) is 3.00. The Morgan fingerprint density at radius 3 is 2.56 bits per heavy atom. The highest BCUT2D eigenvalue weighted by Crippen LogP contribution is 2.23. The van der Waals surface area contributed by atoms with Gasteiger partial charge in [0.05, 0.1) is 23.6 Å². The topological polar surface area (TPSA) is 28.2 Å².